The largest absolute Gasteiger partial charge is 0.416 e. The van der Waals surface area contributed by atoms with Crippen LogP contribution in [0.15, 0.2) is 54.6 Å². The van der Waals surface area contributed by atoms with Gasteiger partial charge in [0.1, 0.15) is 6.04 Å². The number of imide groups is 2. The fourth-order valence-corrected chi connectivity index (χ4v) is 8.47. The Balaban J connectivity index is 0.945. The van der Waals surface area contributed by atoms with Crippen LogP contribution in [0.4, 0.5) is 30.2 Å². The molecule has 0 aromatic heterocycles. The smallest absolute Gasteiger partial charge is 0.368 e. The van der Waals surface area contributed by atoms with Gasteiger partial charge in [-0.3, -0.25) is 43.8 Å². The van der Waals surface area contributed by atoms with Crippen LogP contribution >= 0.6 is 23.2 Å². The van der Waals surface area contributed by atoms with Gasteiger partial charge < -0.3 is 10.2 Å². The zero-order valence-corrected chi connectivity index (χ0v) is 30.3. The Morgan fingerprint density at radius 2 is 1.54 bits per heavy atom. The summed E-state index contributed by atoms with van der Waals surface area (Å²) in [6, 6.07) is 10.2. The molecule has 3 fully saturated rings. The number of rotatable bonds is 8. The maximum absolute atomic E-state index is 13.5. The number of hydrogen-bond donors (Lipinski definition) is 3. The van der Waals surface area contributed by atoms with E-state index in [4.69, 9.17) is 23.2 Å². The summed E-state index contributed by atoms with van der Waals surface area (Å²) in [5, 5.41) is 4.32. The number of amides is 5. The van der Waals surface area contributed by atoms with Gasteiger partial charge in [0.25, 0.3) is 17.7 Å². The molecule has 1 atom stereocenters. The van der Waals surface area contributed by atoms with Gasteiger partial charge in [-0.25, -0.2) is 0 Å². The van der Waals surface area contributed by atoms with E-state index in [0.717, 1.165) is 17.0 Å². The molecular formula is C34H30Cl2F3N7O7S. The number of piperidine rings is 1. The van der Waals surface area contributed by atoms with Crippen LogP contribution in [-0.4, -0.2) is 103 Å². The number of anilines is 3. The summed E-state index contributed by atoms with van der Waals surface area (Å²) in [5.41, 5.74) is -0.333. The molecule has 3 saturated heterocycles. The number of fused-ring (bicyclic) bond motifs is 1. The molecule has 4 aliphatic rings. The summed E-state index contributed by atoms with van der Waals surface area (Å²) >= 11 is 12.1. The molecule has 0 radical (unpaired) electrons. The van der Waals surface area contributed by atoms with E-state index in [1.807, 2.05) is 4.90 Å². The number of piperazine rings is 1. The van der Waals surface area contributed by atoms with Crippen molar-refractivity contribution >= 4 is 80.0 Å². The Labute approximate surface area is 316 Å². The third-order valence-corrected chi connectivity index (χ3v) is 11.9. The average Bonchev–Trinajstić information content (AvgIpc) is 3.33. The summed E-state index contributed by atoms with van der Waals surface area (Å²) in [5.74, 6) is -3.17. The molecule has 0 bridgehead atoms. The van der Waals surface area contributed by atoms with Gasteiger partial charge in [0.05, 0.1) is 38.7 Å². The van der Waals surface area contributed by atoms with Crippen LogP contribution in [0.5, 0.6) is 0 Å². The molecule has 3 aromatic carbocycles. The van der Waals surface area contributed by atoms with Crippen LogP contribution in [0, 0.1) is 0 Å². The summed E-state index contributed by atoms with van der Waals surface area (Å²) < 4.78 is 69.8. The first-order chi connectivity index (χ1) is 25.5. The summed E-state index contributed by atoms with van der Waals surface area (Å²) in [6.45, 7) is 2.22. The van der Waals surface area contributed by atoms with E-state index in [1.54, 1.807) is 18.2 Å². The highest BCUT2D eigenvalue weighted by Crippen LogP contribution is 2.35. The van der Waals surface area contributed by atoms with Crippen LogP contribution in [-0.2, 0) is 26.0 Å². The summed E-state index contributed by atoms with van der Waals surface area (Å²) in [6.07, 6.45) is -4.56. The van der Waals surface area contributed by atoms with Gasteiger partial charge in [-0.2, -0.15) is 25.9 Å². The minimum absolute atomic E-state index is 0.0239. The van der Waals surface area contributed by atoms with E-state index >= 15 is 0 Å². The third kappa shape index (κ3) is 7.23. The minimum Gasteiger partial charge on any atom is -0.368 e. The second-order valence-electron chi connectivity index (χ2n) is 13.1. The predicted octanol–water partition coefficient (Wildman–Crippen LogP) is 3.83. The minimum atomic E-state index is -4.64. The normalized spacial score (nSPS) is 20.1. The zero-order valence-electron chi connectivity index (χ0n) is 28.0. The van der Waals surface area contributed by atoms with Gasteiger partial charge in [0.2, 0.25) is 11.8 Å². The van der Waals surface area contributed by atoms with Gasteiger partial charge in [0.15, 0.2) is 0 Å². The van der Waals surface area contributed by atoms with Crippen molar-refractivity contribution in [1.82, 2.24) is 19.4 Å². The fraction of sp³-hybridized carbons (Fsp3) is 0.324. The van der Waals surface area contributed by atoms with Gasteiger partial charge in [-0.05, 0) is 61.0 Å². The lowest BCUT2D eigenvalue weighted by Gasteiger charge is -2.49. The zero-order chi connectivity index (χ0) is 38.7. The Kier molecular flexibility index (Phi) is 9.84. The van der Waals surface area contributed by atoms with E-state index < -0.39 is 57.5 Å². The van der Waals surface area contributed by atoms with Crippen LogP contribution < -0.4 is 20.3 Å². The van der Waals surface area contributed by atoms with Crippen molar-refractivity contribution in [3.63, 3.8) is 0 Å². The van der Waals surface area contributed by atoms with E-state index in [2.05, 4.69) is 20.3 Å². The topological polar surface area (TPSA) is 169 Å². The number of halogens is 5. The van der Waals surface area contributed by atoms with Crippen molar-refractivity contribution in [2.45, 2.75) is 31.1 Å². The predicted molar refractivity (Wildman–Crippen MR) is 191 cm³/mol. The first-order valence-corrected chi connectivity index (χ1v) is 18.8. The maximum Gasteiger partial charge on any atom is 0.416 e. The molecule has 0 aliphatic carbocycles. The molecule has 284 valence electrons. The molecule has 14 nitrogen and oxygen atoms in total. The van der Waals surface area contributed by atoms with Crippen molar-refractivity contribution < 1.29 is 45.6 Å². The van der Waals surface area contributed by atoms with Crippen molar-refractivity contribution in [3.8, 4) is 0 Å². The highest BCUT2D eigenvalue weighted by Gasteiger charge is 2.45. The summed E-state index contributed by atoms with van der Waals surface area (Å²) in [7, 11) is -4.17. The SMILES string of the molecule is O=C1CCC(N2C(=O)c3ccc(N4CC(N5CCN(S(=O)(=O)Nc6ccc(Cl)cc6C(=O)Nc6ccc(C(F)(F)F)cc6Cl)CC5)C4)cc3C2=O)C(=O)N1. The molecule has 0 spiro atoms. The summed E-state index contributed by atoms with van der Waals surface area (Å²) in [4.78, 5) is 68.5. The van der Waals surface area contributed by atoms with Gasteiger partial charge in [0, 0.05) is 62.4 Å². The Hall–Kier alpha value is -4.75. The van der Waals surface area contributed by atoms with Crippen LogP contribution in [0.25, 0.3) is 0 Å². The highest BCUT2D eigenvalue weighted by molar-refractivity contribution is 7.90. The van der Waals surface area contributed by atoms with Crippen molar-refractivity contribution in [2.24, 2.45) is 0 Å². The number of benzene rings is 3. The molecule has 1 unspecified atom stereocenters. The number of carbonyl (C=O) groups excluding carboxylic acids is 5. The highest BCUT2D eigenvalue weighted by atomic mass is 35.5. The lowest BCUT2D eigenvalue weighted by Crippen LogP contribution is -2.63. The lowest BCUT2D eigenvalue weighted by molar-refractivity contribution is -0.138. The van der Waals surface area contributed by atoms with Gasteiger partial charge >= 0.3 is 16.4 Å². The van der Waals surface area contributed by atoms with E-state index in [1.165, 1.54) is 22.5 Å². The molecule has 4 aliphatic heterocycles. The van der Waals surface area contributed by atoms with E-state index in [0.29, 0.717) is 37.9 Å². The molecule has 0 saturated carbocycles. The van der Waals surface area contributed by atoms with Crippen molar-refractivity contribution in [1.29, 1.82) is 0 Å². The molecule has 4 heterocycles. The molecule has 7 rings (SSSR count). The molecule has 20 heteroatoms. The number of nitrogens with zero attached hydrogens (tertiary/aromatic N) is 4. The fourth-order valence-electron chi connectivity index (χ4n) is 6.84. The number of alkyl halides is 3. The van der Waals surface area contributed by atoms with Crippen LogP contribution in [0.1, 0.15) is 49.5 Å². The Morgan fingerprint density at radius 1 is 0.852 bits per heavy atom. The van der Waals surface area contributed by atoms with Gasteiger partial charge in [-0.15, -0.1) is 0 Å². The molecular weight excluding hydrogens is 778 g/mol. The molecule has 3 N–H and O–H groups in total. The first-order valence-electron chi connectivity index (χ1n) is 16.6. The quantitative estimate of drug-likeness (QED) is 0.287. The van der Waals surface area contributed by atoms with E-state index in [9.17, 15) is 45.6 Å². The lowest BCUT2D eigenvalue weighted by atomic mass is 10.0. The standard InChI is InChI=1S/C34H30Cl2F3N7O7S/c35-19-2-6-26(24(14-19)30(48)40-27-5-1-18(13-25(27)36)34(37,38)39)42-54(52,53)45-11-9-43(10-12-45)21-16-44(17-21)20-3-4-22-23(15-20)33(51)46(32(22)50)28-7-8-29(47)41-31(28)49/h1-6,13-15,21,28,42H,7-12,16-17H2,(H,40,48)(H,41,47,49). The molecule has 3 aromatic rings. The van der Waals surface area contributed by atoms with Gasteiger partial charge in [-0.1, -0.05) is 23.2 Å². The Bertz CT molecular complexity index is 2210. The molecule has 5 amide bonds. The van der Waals surface area contributed by atoms with E-state index in [-0.39, 0.29) is 70.1 Å². The monoisotopic (exact) mass is 807 g/mol. The average molecular weight is 809 g/mol. The first kappa shape index (κ1) is 37.6. The third-order valence-electron chi connectivity index (χ3n) is 9.79. The number of carbonyl (C=O) groups is 5. The maximum atomic E-state index is 13.5. The second-order valence-corrected chi connectivity index (χ2v) is 15.6. The number of nitrogens with one attached hydrogen (secondary N) is 3. The second kappa shape index (κ2) is 14.2. The van der Waals surface area contributed by atoms with Crippen molar-refractivity contribution in [2.75, 3.05) is 54.2 Å². The van der Waals surface area contributed by atoms with Crippen LogP contribution in [0.3, 0.4) is 0 Å². The van der Waals surface area contributed by atoms with Crippen LogP contribution in [0.2, 0.25) is 10.0 Å². The Morgan fingerprint density at radius 3 is 2.20 bits per heavy atom. The van der Waals surface area contributed by atoms with Crippen molar-refractivity contribution in [3.05, 3.63) is 86.9 Å². The number of hydrogen-bond acceptors (Lipinski definition) is 9. The molecule has 54 heavy (non-hydrogen) atoms.